The molecule has 0 fully saturated rings. The largest absolute Gasteiger partial charge is 0.497 e. The molecule has 22 heavy (non-hydrogen) atoms. The van der Waals surface area contributed by atoms with Gasteiger partial charge >= 0.3 is 5.97 Å². The molecule has 1 amide bonds. The zero-order valence-corrected chi connectivity index (χ0v) is 13.3. The Hall–Kier alpha value is -2.08. The monoisotopic (exact) mass is 308 g/mol. The number of carbonyl (C=O) groups excluding carboxylic acids is 1. The van der Waals surface area contributed by atoms with Crippen molar-refractivity contribution in [3.63, 3.8) is 0 Å². The van der Waals surface area contributed by atoms with E-state index < -0.39 is 12.0 Å². The Kier molecular flexibility index (Phi) is 7.39. The summed E-state index contributed by atoms with van der Waals surface area (Å²) in [7, 11) is 1.58. The number of methoxy groups -OCH3 is 1. The molecule has 122 valence electrons. The van der Waals surface area contributed by atoms with Gasteiger partial charge in [0.1, 0.15) is 11.8 Å². The summed E-state index contributed by atoms with van der Waals surface area (Å²) < 4.78 is 5.04. The van der Waals surface area contributed by atoms with E-state index in [2.05, 4.69) is 10.6 Å². The SMILES string of the molecule is CC[C@H](C)[C@H](NCCC(=O)Nc1ccc(OC)cc1)C(=O)O. The molecule has 0 saturated heterocycles. The summed E-state index contributed by atoms with van der Waals surface area (Å²) in [5, 5.41) is 14.8. The molecule has 6 heteroatoms. The third-order valence-corrected chi connectivity index (χ3v) is 3.57. The molecule has 3 N–H and O–H groups in total. The van der Waals surface area contributed by atoms with E-state index in [1.54, 1.807) is 31.4 Å². The van der Waals surface area contributed by atoms with Crippen molar-refractivity contribution < 1.29 is 19.4 Å². The second-order valence-electron chi connectivity index (χ2n) is 5.18. The highest BCUT2D eigenvalue weighted by Crippen LogP contribution is 2.15. The van der Waals surface area contributed by atoms with Crippen LogP contribution in [0.25, 0.3) is 0 Å². The van der Waals surface area contributed by atoms with Crippen LogP contribution in [0.3, 0.4) is 0 Å². The maximum Gasteiger partial charge on any atom is 0.320 e. The van der Waals surface area contributed by atoms with Crippen molar-refractivity contribution in [2.24, 2.45) is 5.92 Å². The standard InChI is InChI=1S/C16H24N2O4/c1-4-11(2)15(16(20)21)17-10-9-14(19)18-12-5-7-13(22-3)8-6-12/h5-8,11,15,17H,4,9-10H2,1-3H3,(H,18,19)(H,20,21)/t11-,15-/m0/s1. The van der Waals surface area contributed by atoms with Crippen molar-refractivity contribution in [3.05, 3.63) is 24.3 Å². The van der Waals surface area contributed by atoms with Gasteiger partial charge in [-0.05, 0) is 30.2 Å². The highest BCUT2D eigenvalue weighted by atomic mass is 16.5. The van der Waals surface area contributed by atoms with E-state index in [0.717, 1.165) is 12.2 Å². The van der Waals surface area contributed by atoms with Crippen LogP contribution in [0.15, 0.2) is 24.3 Å². The summed E-state index contributed by atoms with van der Waals surface area (Å²) in [6, 6.07) is 6.40. The summed E-state index contributed by atoms with van der Waals surface area (Å²) in [5.41, 5.74) is 0.683. The molecule has 0 unspecified atom stereocenters. The number of carbonyl (C=O) groups is 2. The fraction of sp³-hybridized carbons (Fsp3) is 0.500. The Bertz CT molecular complexity index is 487. The van der Waals surface area contributed by atoms with Crippen molar-refractivity contribution >= 4 is 17.6 Å². The average Bonchev–Trinajstić information content (AvgIpc) is 2.51. The van der Waals surface area contributed by atoms with Gasteiger partial charge in [0, 0.05) is 18.7 Å². The molecule has 1 aromatic rings. The molecular formula is C16H24N2O4. The first-order valence-electron chi connectivity index (χ1n) is 7.38. The van der Waals surface area contributed by atoms with Crippen molar-refractivity contribution in [1.29, 1.82) is 0 Å². The van der Waals surface area contributed by atoms with E-state index in [1.165, 1.54) is 0 Å². The molecule has 0 aliphatic carbocycles. The van der Waals surface area contributed by atoms with Crippen molar-refractivity contribution in [1.82, 2.24) is 5.32 Å². The Balaban J connectivity index is 2.40. The molecule has 1 rings (SSSR count). The van der Waals surface area contributed by atoms with Gasteiger partial charge in [-0.1, -0.05) is 20.3 Å². The number of nitrogens with one attached hydrogen (secondary N) is 2. The molecule has 0 aromatic heterocycles. The summed E-state index contributed by atoms with van der Waals surface area (Å²) >= 11 is 0. The second-order valence-corrected chi connectivity index (χ2v) is 5.18. The number of rotatable bonds is 9. The molecule has 0 spiro atoms. The van der Waals surface area contributed by atoms with Crippen LogP contribution in [0, 0.1) is 5.92 Å². The van der Waals surface area contributed by atoms with Crippen molar-refractivity contribution in [3.8, 4) is 5.75 Å². The highest BCUT2D eigenvalue weighted by molar-refractivity contribution is 5.90. The van der Waals surface area contributed by atoms with Gasteiger partial charge in [-0.3, -0.25) is 9.59 Å². The maximum atomic E-state index is 11.8. The number of benzene rings is 1. The third-order valence-electron chi connectivity index (χ3n) is 3.57. The molecular weight excluding hydrogens is 284 g/mol. The second kappa shape index (κ2) is 9.04. The molecule has 0 saturated carbocycles. The van der Waals surface area contributed by atoms with Crippen LogP contribution in [-0.2, 0) is 9.59 Å². The van der Waals surface area contributed by atoms with Crippen LogP contribution in [0.1, 0.15) is 26.7 Å². The summed E-state index contributed by atoms with van der Waals surface area (Å²) in [5.74, 6) is -0.310. The van der Waals surface area contributed by atoms with Crippen LogP contribution < -0.4 is 15.4 Å². The topological polar surface area (TPSA) is 87.7 Å². The Labute approximate surface area is 130 Å². The van der Waals surface area contributed by atoms with E-state index in [-0.39, 0.29) is 18.2 Å². The zero-order chi connectivity index (χ0) is 16.5. The number of anilines is 1. The van der Waals surface area contributed by atoms with Gasteiger partial charge in [0.05, 0.1) is 7.11 Å². The van der Waals surface area contributed by atoms with Crippen LogP contribution in [0.5, 0.6) is 5.75 Å². The number of hydrogen-bond acceptors (Lipinski definition) is 4. The van der Waals surface area contributed by atoms with E-state index >= 15 is 0 Å². The lowest BCUT2D eigenvalue weighted by Crippen LogP contribution is -2.42. The predicted molar refractivity (Wildman–Crippen MR) is 85.1 cm³/mol. The number of ether oxygens (including phenoxy) is 1. The zero-order valence-electron chi connectivity index (χ0n) is 13.3. The summed E-state index contributed by atoms with van der Waals surface area (Å²) in [4.78, 5) is 23.0. The summed E-state index contributed by atoms with van der Waals surface area (Å²) in [6.45, 7) is 4.14. The van der Waals surface area contributed by atoms with E-state index in [4.69, 9.17) is 9.84 Å². The Morgan fingerprint density at radius 3 is 2.41 bits per heavy atom. The molecule has 0 bridgehead atoms. The normalized spacial score (nSPS) is 13.2. The molecule has 0 heterocycles. The minimum Gasteiger partial charge on any atom is -0.497 e. The van der Waals surface area contributed by atoms with Gasteiger partial charge in [0.25, 0.3) is 0 Å². The van der Waals surface area contributed by atoms with E-state index in [9.17, 15) is 9.59 Å². The van der Waals surface area contributed by atoms with Gasteiger partial charge in [0.2, 0.25) is 5.91 Å². The molecule has 1 aromatic carbocycles. The minimum absolute atomic E-state index is 0.0159. The van der Waals surface area contributed by atoms with Crippen LogP contribution in [-0.4, -0.2) is 36.7 Å². The molecule has 6 nitrogen and oxygen atoms in total. The number of carboxylic acids is 1. The molecule has 0 radical (unpaired) electrons. The Morgan fingerprint density at radius 2 is 1.91 bits per heavy atom. The minimum atomic E-state index is -0.884. The van der Waals surface area contributed by atoms with Crippen molar-refractivity contribution in [2.75, 3.05) is 19.0 Å². The van der Waals surface area contributed by atoms with Gasteiger partial charge < -0.3 is 20.5 Å². The third kappa shape index (κ3) is 5.73. The van der Waals surface area contributed by atoms with Crippen LogP contribution >= 0.6 is 0 Å². The van der Waals surface area contributed by atoms with Crippen molar-refractivity contribution in [2.45, 2.75) is 32.7 Å². The number of hydrogen-bond donors (Lipinski definition) is 3. The quantitative estimate of drug-likeness (QED) is 0.650. The van der Waals surface area contributed by atoms with E-state index in [1.807, 2.05) is 13.8 Å². The summed E-state index contributed by atoms with van der Waals surface area (Å²) in [6.07, 6.45) is 0.980. The Morgan fingerprint density at radius 1 is 1.27 bits per heavy atom. The number of aliphatic carboxylic acids is 1. The first kappa shape index (κ1) is 18.0. The predicted octanol–water partition coefficient (Wildman–Crippen LogP) is 2.11. The molecule has 2 atom stereocenters. The first-order valence-corrected chi connectivity index (χ1v) is 7.38. The lowest BCUT2D eigenvalue weighted by atomic mass is 9.99. The van der Waals surface area contributed by atoms with Gasteiger partial charge in [-0.25, -0.2) is 0 Å². The van der Waals surface area contributed by atoms with Crippen LogP contribution in [0.4, 0.5) is 5.69 Å². The van der Waals surface area contributed by atoms with E-state index in [0.29, 0.717) is 12.2 Å². The first-order chi connectivity index (χ1) is 10.5. The fourth-order valence-electron chi connectivity index (χ4n) is 2.01. The number of amides is 1. The fourth-order valence-corrected chi connectivity index (χ4v) is 2.01. The molecule has 0 aliphatic heterocycles. The highest BCUT2D eigenvalue weighted by Gasteiger charge is 2.22. The van der Waals surface area contributed by atoms with Crippen LogP contribution in [0.2, 0.25) is 0 Å². The van der Waals surface area contributed by atoms with Gasteiger partial charge in [0.15, 0.2) is 0 Å². The van der Waals surface area contributed by atoms with Gasteiger partial charge in [-0.15, -0.1) is 0 Å². The molecule has 0 aliphatic rings. The lowest BCUT2D eigenvalue weighted by Gasteiger charge is -2.20. The smallest absolute Gasteiger partial charge is 0.320 e. The average molecular weight is 308 g/mol. The lowest BCUT2D eigenvalue weighted by molar-refractivity contribution is -0.141. The number of carboxylic acid groups (broad SMARTS) is 1. The maximum absolute atomic E-state index is 11.8. The van der Waals surface area contributed by atoms with Gasteiger partial charge in [-0.2, -0.15) is 0 Å².